The topological polar surface area (TPSA) is 77.2 Å². The van der Waals surface area contributed by atoms with E-state index >= 15 is 0 Å². The first-order valence-electron chi connectivity index (χ1n) is 8.19. The predicted octanol–water partition coefficient (Wildman–Crippen LogP) is 2.42. The van der Waals surface area contributed by atoms with Crippen LogP contribution in [0.25, 0.3) is 0 Å². The standard InChI is InChI=1S/C18H23N3O3/c1-12-20-21-17(24-12)10-16(22)19-14-9-15(18(14,2)3)23-11-13-7-5-4-6-8-13/h4-8,14-15H,9-11H2,1-3H3,(H,19,22). The maximum Gasteiger partial charge on any atom is 0.229 e. The second kappa shape index (κ2) is 6.73. The number of hydrogen-bond acceptors (Lipinski definition) is 5. The molecular weight excluding hydrogens is 306 g/mol. The molecule has 0 radical (unpaired) electrons. The maximum atomic E-state index is 12.1. The summed E-state index contributed by atoms with van der Waals surface area (Å²) in [6.45, 7) is 6.54. The summed E-state index contributed by atoms with van der Waals surface area (Å²) in [5, 5.41) is 10.6. The molecule has 1 aromatic heterocycles. The number of benzene rings is 1. The first-order chi connectivity index (χ1) is 11.4. The van der Waals surface area contributed by atoms with Crippen LogP contribution in [0, 0.1) is 12.3 Å². The van der Waals surface area contributed by atoms with Crippen LogP contribution in [0.1, 0.15) is 37.6 Å². The number of nitrogens with one attached hydrogen (secondary N) is 1. The van der Waals surface area contributed by atoms with E-state index in [1.54, 1.807) is 6.92 Å². The number of nitrogens with zero attached hydrogens (tertiary/aromatic N) is 2. The first kappa shape index (κ1) is 16.6. The molecule has 24 heavy (non-hydrogen) atoms. The molecule has 0 saturated heterocycles. The summed E-state index contributed by atoms with van der Waals surface area (Å²) in [5.74, 6) is 0.716. The second-order valence-corrected chi connectivity index (χ2v) is 6.85. The molecule has 1 aromatic carbocycles. The molecule has 2 aromatic rings. The van der Waals surface area contributed by atoms with Gasteiger partial charge in [-0.3, -0.25) is 4.79 Å². The molecule has 1 amide bonds. The van der Waals surface area contributed by atoms with Crippen LogP contribution in [0.3, 0.4) is 0 Å². The summed E-state index contributed by atoms with van der Waals surface area (Å²) in [6, 6.07) is 10.2. The molecule has 0 spiro atoms. The fourth-order valence-corrected chi connectivity index (χ4v) is 2.98. The third-order valence-corrected chi connectivity index (χ3v) is 4.69. The lowest BCUT2D eigenvalue weighted by atomic mass is 9.64. The van der Waals surface area contributed by atoms with Crippen LogP contribution < -0.4 is 5.32 Å². The maximum absolute atomic E-state index is 12.1. The lowest BCUT2D eigenvalue weighted by molar-refractivity contribution is -0.140. The van der Waals surface area contributed by atoms with E-state index in [-0.39, 0.29) is 29.9 Å². The Bertz CT molecular complexity index is 697. The zero-order valence-corrected chi connectivity index (χ0v) is 14.3. The molecule has 0 aliphatic heterocycles. The first-order valence-corrected chi connectivity index (χ1v) is 8.19. The van der Waals surface area contributed by atoms with Crippen molar-refractivity contribution in [2.24, 2.45) is 5.41 Å². The predicted molar refractivity (Wildman–Crippen MR) is 88.1 cm³/mol. The Balaban J connectivity index is 1.47. The summed E-state index contributed by atoms with van der Waals surface area (Å²) in [6.07, 6.45) is 1.06. The summed E-state index contributed by atoms with van der Waals surface area (Å²) < 4.78 is 11.3. The summed E-state index contributed by atoms with van der Waals surface area (Å²) >= 11 is 0. The minimum atomic E-state index is -0.102. The highest BCUT2D eigenvalue weighted by molar-refractivity contribution is 5.78. The average Bonchev–Trinajstić information content (AvgIpc) is 2.96. The van der Waals surface area contributed by atoms with Gasteiger partial charge >= 0.3 is 0 Å². The van der Waals surface area contributed by atoms with E-state index < -0.39 is 0 Å². The van der Waals surface area contributed by atoms with Crippen molar-refractivity contribution in [1.82, 2.24) is 15.5 Å². The summed E-state index contributed by atoms with van der Waals surface area (Å²) in [7, 11) is 0. The molecule has 128 valence electrons. The monoisotopic (exact) mass is 329 g/mol. The van der Waals surface area contributed by atoms with E-state index in [1.807, 2.05) is 18.2 Å². The number of hydrogen-bond donors (Lipinski definition) is 1. The minimum absolute atomic E-state index is 0.0924. The number of ether oxygens (including phenoxy) is 1. The number of aromatic nitrogens is 2. The Kier molecular flexibility index (Phi) is 4.66. The van der Waals surface area contributed by atoms with E-state index in [4.69, 9.17) is 9.15 Å². The van der Waals surface area contributed by atoms with Gasteiger partial charge in [0.15, 0.2) is 0 Å². The fraction of sp³-hybridized carbons (Fsp3) is 0.500. The number of rotatable bonds is 6. The van der Waals surface area contributed by atoms with E-state index in [9.17, 15) is 4.79 Å². The molecule has 1 heterocycles. The van der Waals surface area contributed by atoms with Gasteiger partial charge in [0.25, 0.3) is 0 Å². The number of carbonyl (C=O) groups excluding carboxylic acids is 1. The SMILES string of the molecule is Cc1nnc(CC(=O)NC2CC(OCc3ccccc3)C2(C)C)o1. The molecule has 6 heteroatoms. The van der Waals surface area contributed by atoms with Gasteiger partial charge in [0, 0.05) is 18.4 Å². The molecule has 2 unspecified atom stereocenters. The summed E-state index contributed by atoms with van der Waals surface area (Å²) in [4.78, 5) is 12.1. The highest BCUT2D eigenvalue weighted by Crippen LogP contribution is 2.43. The Morgan fingerprint density at radius 1 is 1.33 bits per heavy atom. The molecule has 3 rings (SSSR count). The van der Waals surface area contributed by atoms with Crippen LogP contribution in [0.15, 0.2) is 34.7 Å². The van der Waals surface area contributed by atoms with E-state index in [0.29, 0.717) is 18.4 Å². The Hall–Kier alpha value is -2.21. The van der Waals surface area contributed by atoms with Gasteiger partial charge in [-0.1, -0.05) is 44.2 Å². The van der Waals surface area contributed by atoms with Crippen molar-refractivity contribution >= 4 is 5.91 Å². The van der Waals surface area contributed by atoms with Crippen LogP contribution in [-0.2, 0) is 22.6 Å². The van der Waals surface area contributed by atoms with E-state index in [0.717, 1.165) is 12.0 Å². The van der Waals surface area contributed by atoms with Gasteiger partial charge in [0.1, 0.15) is 6.42 Å². The largest absolute Gasteiger partial charge is 0.425 e. The molecule has 1 aliphatic rings. The lowest BCUT2D eigenvalue weighted by Gasteiger charge is -2.51. The van der Waals surface area contributed by atoms with Gasteiger partial charge in [-0.05, 0) is 12.0 Å². The quantitative estimate of drug-likeness (QED) is 0.880. The second-order valence-electron chi connectivity index (χ2n) is 6.85. The van der Waals surface area contributed by atoms with Crippen LogP contribution in [0.4, 0.5) is 0 Å². The van der Waals surface area contributed by atoms with Gasteiger partial charge in [-0.2, -0.15) is 0 Å². The van der Waals surface area contributed by atoms with Crippen LogP contribution in [-0.4, -0.2) is 28.3 Å². The fourth-order valence-electron chi connectivity index (χ4n) is 2.98. The van der Waals surface area contributed by atoms with Crippen molar-refractivity contribution in [3.8, 4) is 0 Å². The summed E-state index contributed by atoms with van der Waals surface area (Å²) in [5.41, 5.74) is 1.06. The highest BCUT2D eigenvalue weighted by Gasteiger charge is 2.49. The zero-order chi connectivity index (χ0) is 17.2. The van der Waals surface area contributed by atoms with Crippen LogP contribution >= 0.6 is 0 Å². The smallest absolute Gasteiger partial charge is 0.229 e. The Labute approximate surface area is 141 Å². The minimum Gasteiger partial charge on any atom is -0.425 e. The lowest BCUT2D eigenvalue weighted by Crippen LogP contribution is -2.62. The average molecular weight is 329 g/mol. The molecule has 6 nitrogen and oxygen atoms in total. The third kappa shape index (κ3) is 3.64. The van der Waals surface area contributed by atoms with Gasteiger partial charge < -0.3 is 14.5 Å². The number of carbonyl (C=O) groups is 1. The van der Waals surface area contributed by atoms with Crippen molar-refractivity contribution in [3.63, 3.8) is 0 Å². The van der Waals surface area contributed by atoms with E-state index in [2.05, 4.69) is 41.5 Å². The number of amides is 1. The van der Waals surface area contributed by atoms with Crippen molar-refractivity contribution < 1.29 is 13.9 Å². The molecule has 1 N–H and O–H groups in total. The Morgan fingerprint density at radius 3 is 2.71 bits per heavy atom. The molecule has 0 bridgehead atoms. The van der Waals surface area contributed by atoms with Gasteiger partial charge in [-0.15, -0.1) is 10.2 Å². The third-order valence-electron chi connectivity index (χ3n) is 4.69. The molecule has 2 atom stereocenters. The van der Waals surface area contributed by atoms with Gasteiger partial charge in [0.05, 0.1) is 12.7 Å². The molecule has 1 fully saturated rings. The van der Waals surface area contributed by atoms with Crippen molar-refractivity contribution in [2.75, 3.05) is 0 Å². The van der Waals surface area contributed by atoms with Gasteiger partial charge in [-0.25, -0.2) is 0 Å². The zero-order valence-electron chi connectivity index (χ0n) is 14.3. The van der Waals surface area contributed by atoms with Crippen LogP contribution in [0.5, 0.6) is 0 Å². The number of aryl methyl sites for hydroxylation is 1. The van der Waals surface area contributed by atoms with Crippen molar-refractivity contribution in [3.05, 3.63) is 47.7 Å². The molecular formula is C18H23N3O3. The van der Waals surface area contributed by atoms with Crippen molar-refractivity contribution in [2.45, 2.75) is 52.4 Å². The van der Waals surface area contributed by atoms with Crippen molar-refractivity contribution in [1.29, 1.82) is 0 Å². The van der Waals surface area contributed by atoms with E-state index in [1.165, 1.54) is 0 Å². The van der Waals surface area contributed by atoms with Gasteiger partial charge in [0.2, 0.25) is 17.7 Å². The Morgan fingerprint density at radius 2 is 2.08 bits per heavy atom. The normalized spacial score (nSPS) is 22.0. The molecule has 1 aliphatic carbocycles. The molecule has 1 saturated carbocycles. The highest BCUT2D eigenvalue weighted by atomic mass is 16.5. The van der Waals surface area contributed by atoms with Crippen LogP contribution in [0.2, 0.25) is 0 Å².